The first-order chi connectivity index (χ1) is 9.00. The van der Waals surface area contributed by atoms with Gasteiger partial charge in [0.2, 0.25) is 0 Å². The topological polar surface area (TPSA) is 40.5 Å². The van der Waals surface area contributed by atoms with Gasteiger partial charge < -0.3 is 10.0 Å². The average Bonchev–Trinajstić information content (AvgIpc) is 2.37. The fourth-order valence-corrected chi connectivity index (χ4v) is 1.99. The Labute approximate surface area is 110 Å². The molecule has 2 aromatic carbocycles. The molecule has 0 amide bonds. The van der Waals surface area contributed by atoms with Crippen LogP contribution in [0.15, 0.2) is 42.5 Å². The average molecular weight is 259 g/mol. The van der Waals surface area contributed by atoms with Crippen molar-refractivity contribution in [2.75, 3.05) is 11.9 Å². The lowest BCUT2D eigenvalue weighted by atomic mass is 10.1. The van der Waals surface area contributed by atoms with E-state index in [2.05, 4.69) is 0 Å². The SMILES string of the molecule is Cc1cccc(N(C)c2c(F)cccc2C(=O)O)c1. The molecule has 4 heteroatoms. The summed E-state index contributed by atoms with van der Waals surface area (Å²) >= 11 is 0. The van der Waals surface area contributed by atoms with Gasteiger partial charge in [0.05, 0.1) is 11.3 Å². The molecule has 0 aliphatic heterocycles. The molecule has 0 aliphatic carbocycles. The van der Waals surface area contributed by atoms with Crippen LogP contribution in [0.25, 0.3) is 0 Å². The highest BCUT2D eigenvalue weighted by Gasteiger charge is 2.18. The van der Waals surface area contributed by atoms with Crippen molar-refractivity contribution in [1.82, 2.24) is 0 Å². The third-order valence-corrected chi connectivity index (χ3v) is 2.94. The lowest BCUT2D eigenvalue weighted by molar-refractivity contribution is 0.0697. The second kappa shape index (κ2) is 5.10. The number of para-hydroxylation sites is 1. The van der Waals surface area contributed by atoms with Crippen LogP contribution >= 0.6 is 0 Å². The standard InChI is InChI=1S/C15H14FNO2/c1-10-5-3-6-11(9-10)17(2)14-12(15(18)19)7-4-8-13(14)16/h3-9H,1-2H3,(H,18,19). The number of hydrogen-bond acceptors (Lipinski definition) is 2. The summed E-state index contributed by atoms with van der Waals surface area (Å²) in [6.45, 7) is 1.93. The van der Waals surface area contributed by atoms with Gasteiger partial charge in [-0.1, -0.05) is 18.2 Å². The second-order valence-corrected chi connectivity index (χ2v) is 4.34. The fourth-order valence-electron chi connectivity index (χ4n) is 1.99. The van der Waals surface area contributed by atoms with E-state index in [-0.39, 0.29) is 11.3 Å². The number of anilines is 2. The van der Waals surface area contributed by atoms with Gasteiger partial charge in [0, 0.05) is 12.7 Å². The minimum absolute atomic E-state index is 0.0518. The van der Waals surface area contributed by atoms with E-state index in [1.54, 1.807) is 11.9 Å². The van der Waals surface area contributed by atoms with Gasteiger partial charge in [0.25, 0.3) is 0 Å². The number of nitrogens with zero attached hydrogens (tertiary/aromatic N) is 1. The second-order valence-electron chi connectivity index (χ2n) is 4.34. The van der Waals surface area contributed by atoms with Crippen molar-refractivity contribution < 1.29 is 14.3 Å². The van der Waals surface area contributed by atoms with Crippen molar-refractivity contribution >= 4 is 17.3 Å². The van der Waals surface area contributed by atoms with Crippen LogP contribution in [0.4, 0.5) is 15.8 Å². The van der Waals surface area contributed by atoms with E-state index in [1.807, 2.05) is 31.2 Å². The third-order valence-electron chi connectivity index (χ3n) is 2.94. The van der Waals surface area contributed by atoms with E-state index in [1.165, 1.54) is 18.2 Å². The number of carboxylic acids is 1. The lowest BCUT2D eigenvalue weighted by Gasteiger charge is -2.22. The number of benzene rings is 2. The normalized spacial score (nSPS) is 10.3. The Kier molecular flexibility index (Phi) is 3.51. The number of carboxylic acid groups (broad SMARTS) is 1. The van der Waals surface area contributed by atoms with E-state index in [0.717, 1.165) is 11.3 Å². The van der Waals surface area contributed by atoms with Gasteiger partial charge in [-0.05, 0) is 36.8 Å². The molecular weight excluding hydrogens is 245 g/mol. The highest BCUT2D eigenvalue weighted by atomic mass is 19.1. The van der Waals surface area contributed by atoms with Crippen molar-refractivity contribution in [2.24, 2.45) is 0 Å². The van der Waals surface area contributed by atoms with Crippen molar-refractivity contribution in [1.29, 1.82) is 0 Å². The zero-order valence-corrected chi connectivity index (χ0v) is 10.7. The lowest BCUT2D eigenvalue weighted by Crippen LogP contribution is -2.16. The summed E-state index contributed by atoms with van der Waals surface area (Å²) in [4.78, 5) is 12.7. The third kappa shape index (κ3) is 2.57. The summed E-state index contributed by atoms with van der Waals surface area (Å²) in [5, 5.41) is 9.15. The molecule has 0 heterocycles. The first kappa shape index (κ1) is 13.1. The van der Waals surface area contributed by atoms with Crippen LogP contribution in [-0.2, 0) is 0 Å². The molecule has 0 aliphatic rings. The molecule has 2 aromatic rings. The smallest absolute Gasteiger partial charge is 0.337 e. The highest BCUT2D eigenvalue weighted by Crippen LogP contribution is 2.30. The van der Waals surface area contributed by atoms with Crippen LogP contribution < -0.4 is 4.90 Å². The summed E-state index contributed by atoms with van der Waals surface area (Å²) in [5.74, 6) is -1.70. The largest absolute Gasteiger partial charge is 0.478 e. The molecule has 1 N–H and O–H groups in total. The summed E-state index contributed by atoms with van der Waals surface area (Å²) < 4.78 is 13.9. The Morgan fingerprint density at radius 1 is 1.21 bits per heavy atom. The highest BCUT2D eigenvalue weighted by molar-refractivity contribution is 5.95. The number of aromatic carboxylic acids is 1. The van der Waals surface area contributed by atoms with Gasteiger partial charge in [0.1, 0.15) is 5.82 Å². The van der Waals surface area contributed by atoms with Gasteiger partial charge in [-0.25, -0.2) is 9.18 Å². The number of carbonyl (C=O) groups is 1. The predicted molar refractivity (Wildman–Crippen MR) is 72.6 cm³/mol. The minimum atomic E-state index is -1.14. The predicted octanol–water partition coefficient (Wildman–Crippen LogP) is 3.60. The first-order valence-corrected chi connectivity index (χ1v) is 5.83. The summed E-state index contributed by atoms with van der Waals surface area (Å²) in [5.41, 5.74) is 1.79. The van der Waals surface area contributed by atoms with Gasteiger partial charge in [-0.3, -0.25) is 0 Å². The molecule has 0 saturated carbocycles. The van der Waals surface area contributed by atoms with E-state index in [4.69, 9.17) is 5.11 Å². The molecule has 98 valence electrons. The van der Waals surface area contributed by atoms with Gasteiger partial charge in [0.15, 0.2) is 0 Å². The minimum Gasteiger partial charge on any atom is -0.478 e. The van der Waals surface area contributed by atoms with Crippen molar-refractivity contribution in [3.8, 4) is 0 Å². The van der Waals surface area contributed by atoms with Crippen LogP contribution in [0.1, 0.15) is 15.9 Å². The summed E-state index contributed by atoms with van der Waals surface area (Å²) in [6, 6.07) is 11.5. The van der Waals surface area contributed by atoms with Crippen LogP contribution in [0.2, 0.25) is 0 Å². The van der Waals surface area contributed by atoms with Crippen molar-refractivity contribution in [3.63, 3.8) is 0 Å². The first-order valence-electron chi connectivity index (χ1n) is 5.83. The number of hydrogen-bond donors (Lipinski definition) is 1. The molecule has 0 bridgehead atoms. The van der Waals surface area contributed by atoms with Crippen LogP contribution in [0.3, 0.4) is 0 Å². The van der Waals surface area contributed by atoms with Crippen LogP contribution in [0.5, 0.6) is 0 Å². The summed E-state index contributed by atoms with van der Waals surface area (Å²) in [7, 11) is 1.65. The Morgan fingerprint density at radius 3 is 2.53 bits per heavy atom. The van der Waals surface area contributed by atoms with E-state index in [9.17, 15) is 9.18 Å². The molecule has 0 saturated heterocycles. The van der Waals surface area contributed by atoms with E-state index in [0.29, 0.717) is 0 Å². The Bertz CT molecular complexity index is 625. The molecule has 2 rings (SSSR count). The molecule has 0 fully saturated rings. The van der Waals surface area contributed by atoms with Crippen molar-refractivity contribution in [2.45, 2.75) is 6.92 Å². The maximum atomic E-state index is 13.9. The van der Waals surface area contributed by atoms with E-state index >= 15 is 0 Å². The zero-order chi connectivity index (χ0) is 14.0. The van der Waals surface area contributed by atoms with E-state index < -0.39 is 11.8 Å². The molecule has 0 aromatic heterocycles. The zero-order valence-electron chi connectivity index (χ0n) is 10.7. The van der Waals surface area contributed by atoms with Crippen LogP contribution in [0, 0.1) is 12.7 Å². The Balaban J connectivity index is 2.55. The number of rotatable bonds is 3. The molecule has 0 spiro atoms. The quantitative estimate of drug-likeness (QED) is 0.915. The maximum Gasteiger partial charge on any atom is 0.337 e. The number of halogens is 1. The number of aryl methyl sites for hydroxylation is 1. The van der Waals surface area contributed by atoms with Gasteiger partial charge in [-0.2, -0.15) is 0 Å². The molecule has 0 unspecified atom stereocenters. The monoisotopic (exact) mass is 259 g/mol. The maximum absolute atomic E-state index is 13.9. The molecule has 0 radical (unpaired) electrons. The van der Waals surface area contributed by atoms with Gasteiger partial charge >= 0.3 is 5.97 Å². The molecule has 19 heavy (non-hydrogen) atoms. The van der Waals surface area contributed by atoms with Gasteiger partial charge in [-0.15, -0.1) is 0 Å². The Morgan fingerprint density at radius 2 is 1.89 bits per heavy atom. The molecule has 3 nitrogen and oxygen atoms in total. The van der Waals surface area contributed by atoms with Crippen molar-refractivity contribution in [3.05, 3.63) is 59.4 Å². The Hall–Kier alpha value is -2.36. The summed E-state index contributed by atoms with van der Waals surface area (Å²) in [6.07, 6.45) is 0. The van der Waals surface area contributed by atoms with Crippen LogP contribution in [-0.4, -0.2) is 18.1 Å². The molecule has 0 atom stereocenters. The fraction of sp³-hybridized carbons (Fsp3) is 0.133. The molecular formula is C15H14FNO2.